The minimum absolute atomic E-state index is 0.0190. The van der Waals surface area contributed by atoms with Crippen molar-refractivity contribution in [3.63, 3.8) is 0 Å². The Morgan fingerprint density at radius 2 is 2.06 bits per heavy atom. The Hall–Kier alpha value is -0.680. The Morgan fingerprint density at radius 3 is 2.69 bits per heavy atom. The van der Waals surface area contributed by atoms with Crippen LogP contribution in [0.15, 0.2) is 16.6 Å². The van der Waals surface area contributed by atoms with Crippen LogP contribution in [0.2, 0.25) is 0 Å². The second kappa shape index (κ2) is 6.15. The first-order chi connectivity index (χ1) is 7.57. The van der Waals surface area contributed by atoms with Gasteiger partial charge in [0.25, 0.3) is 0 Å². The van der Waals surface area contributed by atoms with Crippen molar-refractivity contribution in [3.05, 3.63) is 28.2 Å². The van der Waals surface area contributed by atoms with Gasteiger partial charge in [0, 0.05) is 13.6 Å². The Balaban J connectivity index is 2.81. The summed E-state index contributed by atoms with van der Waals surface area (Å²) in [5, 5.41) is 2.99. The maximum atomic E-state index is 13.7. The second-order valence-corrected chi connectivity index (χ2v) is 4.42. The van der Waals surface area contributed by atoms with Gasteiger partial charge in [-0.1, -0.05) is 0 Å². The van der Waals surface area contributed by atoms with Gasteiger partial charge in [-0.2, -0.15) is 0 Å². The monoisotopic (exact) mass is 292 g/mol. The highest BCUT2D eigenvalue weighted by Gasteiger charge is 2.15. The summed E-state index contributed by atoms with van der Waals surface area (Å²) in [6.45, 7) is 1.42. The number of nitrogens with zero attached hydrogens (tertiary/aromatic N) is 1. The molecule has 0 heterocycles. The van der Waals surface area contributed by atoms with E-state index < -0.39 is 11.6 Å². The Morgan fingerprint density at radius 1 is 1.38 bits per heavy atom. The van der Waals surface area contributed by atoms with Crippen LogP contribution in [0.1, 0.15) is 6.42 Å². The van der Waals surface area contributed by atoms with Crippen LogP contribution in [-0.4, -0.2) is 27.2 Å². The average molecular weight is 293 g/mol. The van der Waals surface area contributed by atoms with Crippen LogP contribution in [0.25, 0.3) is 0 Å². The largest absolute Gasteiger partial charge is 0.370 e. The number of hydrogen-bond acceptors (Lipinski definition) is 2. The molecule has 0 radical (unpaired) electrons. The summed E-state index contributed by atoms with van der Waals surface area (Å²) in [4.78, 5) is 1.59. The molecule has 1 aromatic rings. The van der Waals surface area contributed by atoms with Crippen LogP contribution in [0.3, 0.4) is 0 Å². The zero-order chi connectivity index (χ0) is 12.1. The van der Waals surface area contributed by atoms with Crippen molar-refractivity contribution in [2.45, 2.75) is 6.42 Å². The lowest BCUT2D eigenvalue weighted by Gasteiger charge is -2.20. The molecule has 1 N–H and O–H groups in total. The van der Waals surface area contributed by atoms with E-state index in [0.29, 0.717) is 6.54 Å². The topological polar surface area (TPSA) is 15.3 Å². The summed E-state index contributed by atoms with van der Waals surface area (Å²) in [6, 6.07) is 2.63. The number of rotatable bonds is 5. The van der Waals surface area contributed by atoms with Gasteiger partial charge in [-0.05, 0) is 48.1 Å². The van der Waals surface area contributed by atoms with E-state index in [1.54, 1.807) is 11.9 Å². The highest BCUT2D eigenvalue weighted by Crippen LogP contribution is 2.28. The minimum atomic E-state index is -0.549. The van der Waals surface area contributed by atoms with E-state index in [2.05, 4.69) is 21.2 Å². The fourth-order valence-electron chi connectivity index (χ4n) is 1.47. The molecular weight excluding hydrogens is 278 g/mol. The molecule has 1 rings (SSSR count). The van der Waals surface area contributed by atoms with Crippen LogP contribution >= 0.6 is 15.9 Å². The van der Waals surface area contributed by atoms with Crippen LogP contribution in [0.4, 0.5) is 14.5 Å². The summed E-state index contributed by atoms with van der Waals surface area (Å²) in [5.74, 6) is -1.08. The lowest BCUT2D eigenvalue weighted by molar-refractivity contribution is 0.569. The van der Waals surface area contributed by atoms with Gasteiger partial charge < -0.3 is 10.2 Å². The lowest BCUT2D eigenvalue weighted by Crippen LogP contribution is -2.24. The maximum Gasteiger partial charge on any atom is 0.163 e. The van der Waals surface area contributed by atoms with Crippen LogP contribution in [0, 0.1) is 11.6 Å². The van der Waals surface area contributed by atoms with Gasteiger partial charge in [-0.3, -0.25) is 0 Å². The summed E-state index contributed by atoms with van der Waals surface area (Å²) in [7, 11) is 3.53. The van der Waals surface area contributed by atoms with Crippen LogP contribution in [-0.2, 0) is 0 Å². The molecule has 0 aliphatic heterocycles. The van der Waals surface area contributed by atoms with Gasteiger partial charge in [0.05, 0.1) is 4.47 Å². The minimum Gasteiger partial charge on any atom is -0.370 e. The van der Waals surface area contributed by atoms with Crippen LogP contribution < -0.4 is 10.2 Å². The molecule has 0 bridgehead atoms. The lowest BCUT2D eigenvalue weighted by atomic mass is 10.2. The Kier molecular flexibility index (Phi) is 5.15. The van der Waals surface area contributed by atoms with Crippen molar-refractivity contribution < 1.29 is 8.78 Å². The number of anilines is 1. The van der Waals surface area contributed by atoms with E-state index in [1.807, 2.05) is 7.05 Å². The fourth-order valence-corrected chi connectivity index (χ4v) is 1.79. The Bertz CT molecular complexity index is 358. The molecule has 90 valence electrons. The van der Waals surface area contributed by atoms with Gasteiger partial charge in [0.1, 0.15) is 11.5 Å². The molecule has 5 heteroatoms. The first kappa shape index (κ1) is 13.4. The third kappa shape index (κ3) is 3.15. The van der Waals surface area contributed by atoms with Crippen molar-refractivity contribution >= 4 is 21.6 Å². The molecule has 0 aliphatic rings. The zero-order valence-corrected chi connectivity index (χ0v) is 10.9. The molecule has 16 heavy (non-hydrogen) atoms. The zero-order valence-electron chi connectivity index (χ0n) is 9.36. The normalized spacial score (nSPS) is 10.6. The molecule has 0 atom stereocenters. The summed E-state index contributed by atoms with van der Waals surface area (Å²) in [6.07, 6.45) is 0.832. The standard InChI is InChI=1S/C11H15BrF2N2/c1-15-6-3-7-16(2)11-9(13)5-4-8(12)10(11)14/h4-5,15H,3,6-7H2,1-2H3. The molecule has 0 saturated heterocycles. The number of hydrogen-bond donors (Lipinski definition) is 1. The first-order valence-corrected chi connectivity index (χ1v) is 5.86. The molecule has 0 aliphatic carbocycles. The van der Waals surface area contributed by atoms with Crippen molar-refractivity contribution in [1.82, 2.24) is 5.32 Å². The molecule has 0 spiro atoms. The van der Waals surface area contributed by atoms with Crippen molar-refractivity contribution in [3.8, 4) is 0 Å². The summed E-state index contributed by atoms with van der Waals surface area (Å²) >= 11 is 3.05. The van der Waals surface area contributed by atoms with E-state index >= 15 is 0 Å². The highest BCUT2D eigenvalue weighted by molar-refractivity contribution is 9.10. The molecule has 2 nitrogen and oxygen atoms in total. The molecule has 0 amide bonds. The SMILES string of the molecule is CNCCCN(C)c1c(F)ccc(Br)c1F. The first-order valence-electron chi connectivity index (χ1n) is 5.07. The van der Waals surface area contributed by atoms with Gasteiger partial charge in [0.15, 0.2) is 5.82 Å². The molecule has 0 fully saturated rings. The predicted octanol–water partition coefficient (Wildman–Crippen LogP) is 2.77. The maximum absolute atomic E-state index is 13.7. The molecular formula is C11H15BrF2N2. The molecule has 0 unspecified atom stereocenters. The third-order valence-corrected chi connectivity index (χ3v) is 2.93. The highest BCUT2D eigenvalue weighted by atomic mass is 79.9. The average Bonchev–Trinajstić information content (AvgIpc) is 2.24. The van der Waals surface area contributed by atoms with Gasteiger partial charge >= 0.3 is 0 Å². The summed E-state index contributed by atoms with van der Waals surface area (Å²) < 4.78 is 27.4. The number of halogens is 3. The number of benzene rings is 1. The second-order valence-electron chi connectivity index (χ2n) is 3.57. The van der Waals surface area contributed by atoms with Gasteiger partial charge in [-0.15, -0.1) is 0 Å². The van der Waals surface area contributed by atoms with Crippen LogP contribution in [0.5, 0.6) is 0 Å². The van der Waals surface area contributed by atoms with E-state index in [4.69, 9.17) is 0 Å². The van der Waals surface area contributed by atoms with E-state index in [0.717, 1.165) is 13.0 Å². The van der Waals surface area contributed by atoms with E-state index in [9.17, 15) is 8.78 Å². The quantitative estimate of drug-likeness (QED) is 0.663. The van der Waals surface area contributed by atoms with Crippen molar-refractivity contribution in [2.75, 3.05) is 32.1 Å². The molecule has 1 aromatic carbocycles. The molecule has 0 aromatic heterocycles. The smallest absolute Gasteiger partial charge is 0.163 e. The predicted molar refractivity (Wildman–Crippen MR) is 65.9 cm³/mol. The van der Waals surface area contributed by atoms with Gasteiger partial charge in [0.2, 0.25) is 0 Å². The van der Waals surface area contributed by atoms with Crippen molar-refractivity contribution in [1.29, 1.82) is 0 Å². The number of nitrogens with one attached hydrogen (secondary N) is 1. The van der Waals surface area contributed by atoms with E-state index in [-0.39, 0.29) is 10.2 Å². The van der Waals surface area contributed by atoms with E-state index in [1.165, 1.54) is 12.1 Å². The van der Waals surface area contributed by atoms with Crippen molar-refractivity contribution in [2.24, 2.45) is 0 Å². The van der Waals surface area contributed by atoms with Gasteiger partial charge in [-0.25, -0.2) is 8.78 Å². The fraction of sp³-hybridized carbons (Fsp3) is 0.455. The third-order valence-electron chi connectivity index (χ3n) is 2.32. The Labute approximate surface area is 103 Å². The molecule has 0 saturated carbocycles. The summed E-state index contributed by atoms with van der Waals surface area (Å²) in [5.41, 5.74) is 0.0190.